The molecule has 1 fully saturated rings. The molecule has 1 heterocycles. The quantitative estimate of drug-likeness (QED) is 0.667. The number of unbranched alkanes of at least 4 members (excludes halogenated alkanes) is 1. The van der Waals surface area contributed by atoms with Crippen LogP contribution in [0.15, 0.2) is 35.2 Å². The summed E-state index contributed by atoms with van der Waals surface area (Å²) in [7, 11) is -6.79. The van der Waals surface area contributed by atoms with Gasteiger partial charge in [-0.1, -0.05) is 24.6 Å². The van der Waals surface area contributed by atoms with E-state index < -0.39 is 37.9 Å². The number of carbonyl (C=O) groups is 1. The molecule has 0 bridgehead atoms. The first-order chi connectivity index (χ1) is 11.2. The summed E-state index contributed by atoms with van der Waals surface area (Å²) < 4.78 is 51.0. The number of hydrogen-bond donors (Lipinski definition) is 1. The van der Waals surface area contributed by atoms with Gasteiger partial charge in [-0.15, -0.1) is 0 Å². The molecule has 2 N–H and O–H groups in total. The van der Waals surface area contributed by atoms with Crippen LogP contribution in [0.5, 0.6) is 0 Å². The molecule has 8 nitrogen and oxygen atoms in total. The van der Waals surface area contributed by atoms with Gasteiger partial charge in [0.1, 0.15) is 11.9 Å². The topological polar surface area (TPSA) is 118 Å². The van der Waals surface area contributed by atoms with Gasteiger partial charge >= 0.3 is 10.2 Å². The maximum Gasteiger partial charge on any atom is 0.307 e. The van der Waals surface area contributed by atoms with Crippen molar-refractivity contribution >= 4 is 26.0 Å². The third kappa shape index (κ3) is 3.61. The van der Waals surface area contributed by atoms with Gasteiger partial charge in [0.25, 0.3) is 5.91 Å². The maximum atomic E-state index is 12.4. The SMILES string of the molecule is CN1C(CCCCN)C(=O)N(CS(=O)(=O)c2ccccc2)S1(=O)=O. The number of benzene rings is 1. The van der Waals surface area contributed by atoms with Crippen LogP contribution in [0.3, 0.4) is 0 Å². The Kier molecular flexibility index (Phi) is 5.63. The van der Waals surface area contributed by atoms with E-state index in [0.717, 1.165) is 4.31 Å². The number of likely N-dealkylation sites (N-methyl/N-ethyl adjacent to an activating group) is 1. The fourth-order valence-electron chi connectivity index (χ4n) is 2.53. The van der Waals surface area contributed by atoms with Crippen LogP contribution in [0, 0.1) is 0 Å². The molecule has 1 aromatic carbocycles. The van der Waals surface area contributed by atoms with Crippen molar-refractivity contribution in [1.29, 1.82) is 0 Å². The van der Waals surface area contributed by atoms with E-state index >= 15 is 0 Å². The van der Waals surface area contributed by atoms with E-state index in [0.29, 0.717) is 30.1 Å². The third-order valence-electron chi connectivity index (χ3n) is 3.93. The lowest BCUT2D eigenvalue weighted by Crippen LogP contribution is -2.37. The van der Waals surface area contributed by atoms with E-state index in [9.17, 15) is 21.6 Å². The van der Waals surface area contributed by atoms with Gasteiger partial charge in [0.05, 0.1) is 4.90 Å². The minimum atomic E-state index is -4.14. The second kappa shape index (κ2) is 7.18. The van der Waals surface area contributed by atoms with E-state index in [1.807, 2.05) is 0 Å². The monoisotopic (exact) mass is 375 g/mol. The molecule has 1 amide bonds. The molecule has 1 aromatic rings. The summed E-state index contributed by atoms with van der Waals surface area (Å²) in [5.74, 6) is -1.61. The van der Waals surface area contributed by atoms with Crippen LogP contribution in [-0.2, 0) is 24.8 Å². The fraction of sp³-hybridized carbons (Fsp3) is 0.500. The molecule has 2 rings (SSSR count). The van der Waals surface area contributed by atoms with Gasteiger partial charge in [-0.2, -0.15) is 12.7 Å². The van der Waals surface area contributed by atoms with Crippen LogP contribution in [0.4, 0.5) is 0 Å². The van der Waals surface area contributed by atoms with Gasteiger partial charge in [-0.05, 0) is 31.5 Å². The molecule has 134 valence electrons. The molecule has 1 unspecified atom stereocenters. The molecule has 10 heteroatoms. The van der Waals surface area contributed by atoms with Crippen molar-refractivity contribution in [3.63, 3.8) is 0 Å². The van der Waals surface area contributed by atoms with Crippen molar-refractivity contribution in [3.8, 4) is 0 Å². The average Bonchev–Trinajstić information content (AvgIpc) is 2.70. The first kappa shape index (κ1) is 18.8. The second-order valence-electron chi connectivity index (χ2n) is 5.57. The molecule has 24 heavy (non-hydrogen) atoms. The second-order valence-corrected chi connectivity index (χ2v) is 9.44. The highest BCUT2D eigenvalue weighted by molar-refractivity contribution is 7.93. The molecule has 1 saturated heterocycles. The molecule has 0 aliphatic carbocycles. The number of hydrogen-bond acceptors (Lipinski definition) is 6. The van der Waals surface area contributed by atoms with Crippen LogP contribution in [0.25, 0.3) is 0 Å². The summed E-state index contributed by atoms with van der Waals surface area (Å²) in [6, 6.07) is 6.57. The molecule has 1 atom stereocenters. The van der Waals surface area contributed by atoms with Crippen LogP contribution in [0.2, 0.25) is 0 Å². The summed E-state index contributed by atoms with van der Waals surface area (Å²) >= 11 is 0. The van der Waals surface area contributed by atoms with Crippen molar-refractivity contribution in [2.45, 2.75) is 30.2 Å². The van der Waals surface area contributed by atoms with Gasteiger partial charge in [0.2, 0.25) is 0 Å². The minimum absolute atomic E-state index is 0.0257. The molecule has 1 aliphatic heterocycles. The number of carbonyl (C=O) groups excluding carboxylic acids is 1. The summed E-state index contributed by atoms with van der Waals surface area (Å²) in [5, 5.41) is 0. The van der Waals surface area contributed by atoms with Gasteiger partial charge < -0.3 is 5.73 Å². The highest BCUT2D eigenvalue weighted by Crippen LogP contribution is 2.27. The van der Waals surface area contributed by atoms with Crippen LogP contribution in [0.1, 0.15) is 19.3 Å². The highest BCUT2D eigenvalue weighted by atomic mass is 32.2. The molecule has 0 aromatic heterocycles. The molecule has 0 saturated carbocycles. The zero-order valence-electron chi connectivity index (χ0n) is 13.3. The Hall–Kier alpha value is -1.49. The first-order valence-corrected chi connectivity index (χ1v) is 10.5. The van der Waals surface area contributed by atoms with Gasteiger partial charge in [0, 0.05) is 7.05 Å². The minimum Gasteiger partial charge on any atom is -0.330 e. The Morgan fingerprint density at radius 3 is 2.38 bits per heavy atom. The predicted octanol–water partition coefficient (Wildman–Crippen LogP) is -0.0658. The molecule has 0 spiro atoms. The van der Waals surface area contributed by atoms with E-state index in [2.05, 4.69) is 0 Å². The van der Waals surface area contributed by atoms with Crippen LogP contribution in [-0.4, -0.2) is 56.9 Å². The van der Waals surface area contributed by atoms with Gasteiger partial charge in [-0.3, -0.25) is 4.79 Å². The number of nitrogens with two attached hydrogens (primary N) is 1. The van der Waals surface area contributed by atoms with Crippen molar-refractivity contribution in [2.24, 2.45) is 5.73 Å². The fourth-order valence-corrected chi connectivity index (χ4v) is 5.81. The Balaban J connectivity index is 2.25. The largest absolute Gasteiger partial charge is 0.330 e. The Labute approximate surface area is 142 Å². The summed E-state index contributed by atoms with van der Waals surface area (Å²) in [6.07, 6.45) is 1.57. The van der Waals surface area contributed by atoms with E-state index in [4.69, 9.17) is 5.73 Å². The third-order valence-corrected chi connectivity index (χ3v) is 7.53. The predicted molar refractivity (Wildman–Crippen MR) is 88.7 cm³/mol. The van der Waals surface area contributed by atoms with Crippen molar-refractivity contribution < 1.29 is 21.6 Å². The summed E-state index contributed by atoms with van der Waals surface area (Å²) in [6.45, 7) is 0.448. The molecule has 0 radical (unpaired) electrons. The molecular formula is C14H21N3O5S2. The van der Waals surface area contributed by atoms with E-state index in [1.165, 1.54) is 31.3 Å². The van der Waals surface area contributed by atoms with E-state index in [-0.39, 0.29) is 4.90 Å². The smallest absolute Gasteiger partial charge is 0.307 e. The Bertz CT molecular complexity index is 793. The van der Waals surface area contributed by atoms with Crippen LogP contribution < -0.4 is 5.73 Å². The van der Waals surface area contributed by atoms with E-state index in [1.54, 1.807) is 6.07 Å². The molecular weight excluding hydrogens is 354 g/mol. The Morgan fingerprint density at radius 2 is 1.79 bits per heavy atom. The first-order valence-electron chi connectivity index (χ1n) is 7.49. The lowest BCUT2D eigenvalue weighted by molar-refractivity contribution is -0.127. The molecule has 1 aliphatic rings. The zero-order chi connectivity index (χ0) is 18.0. The highest BCUT2D eigenvalue weighted by Gasteiger charge is 2.49. The summed E-state index contributed by atoms with van der Waals surface area (Å²) in [5.41, 5.74) is 5.40. The maximum absolute atomic E-state index is 12.4. The average molecular weight is 375 g/mol. The normalized spacial score (nSPS) is 21.3. The number of sulfone groups is 1. The standard InChI is InChI=1S/C14H21N3O5S2/c1-16-13(9-5-6-10-15)14(18)17(24(16,21)22)11-23(19,20)12-7-3-2-4-8-12/h2-4,7-8,13H,5-6,9-11,15H2,1H3. The summed E-state index contributed by atoms with van der Waals surface area (Å²) in [4.78, 5) is 12.4. The lowest BCUT2D eigenvalue weighted by atomic mass is 10.1. The number of amides is 1. The van der Waals surface area contributed by atoms with Crippen molar-refractivity contribution in [1.82, 2.24) is 8.61 Å². The zero-order valence-corrected chi connectivity index (χ0v) is 15.0. The van der Waals surface area contributed by atoms with Crippen molar-refractivity contribution in [2.75, 3.05) is 19.5 Å². The number of rotatable bonds is 7. The number of nitrogens with zero attached hydrogens (tertiary/aromatic N) is 2. The van der Waals surface area contributed by atoms with Gasteiger partial charge in [0.15, 0.2) is 9.84 Å². The van der Waals surface area contributed by atoms with Gasteiger partial charge in [-0.25, -0.2) is 12.7 Å². The van der Waals surface area contributed by atoms with Crippen molar-refractivity contribution in [3.05, 3.63) is 30.3 Å². The lowest BCUT2D eigenvalue weighted by Gasteiger charge is -2.16. The van der Waals surface area contributed by atoms with Crippen LogP contribution >= 0.6 is 0 Å². The Morgan fingerprint density at radius 1 is 1.17 bits per heavy atom.